The van der Waals surface area contributed by atoms with Crippen LogP contribution >= 0.6 is 24.0 Å². The van der Waals surface area contributed by atoms with E-state index in [-0.39, 0.29) is 18.9 Å². The molecule has 2 aliphatic rings. The molecule has 0 radical (unpaired) electrons. The van der Waals surface area contributed by atoms with Gasteiger partial charge in [-0.05, 0) is 23.8 Å². The quantitative estimate of drug-likeness (QED) is 0.521. The number of thiocarbonyl (C=S) groups is 1. The molecule has 2 heterocycles. The number of amides is 1. The molecule has 8 nitrogen and oxygen atoms in total. The van der Waals surface area contributed by atoms with Crippen molar-refractivity contribution in [2.24, 2.45) is 0 Å². The third-order valence-electron chi connectivity index (χ3n) is 4.10. The average molecular weight is 425 g/mol. The fourth-order valence-electron chi connectivity index (χ4n) is 2.75. The molecular formula is C18H20N2O6S2. The number of carboxylic acids is 1. The molecule has 2 fully saturated rings. The van der Waals surface area contributed by atoms with Gasteiger partial charge in [0.15, 0.2) is 15.8 Å². The Morgan fingerprint density at radius 2 is 2.11 bits per heavy atom. The number of morpholine rings is 1. The number of hydrazine groups is 1. The lowest BCUT2D eigenvalue weighted by atomic mass is 10.2. The number of benzene rings is 1. The van der Waals surface area contributed by atoms with E-state index in [4.69, 9.17) is 31.5 Å². The number of methoxy groups -OCH3 is 1. The SMILES string of the molecule is COc1cc(/C=C2/SC(=S)N(N3CCOCC3)C2=O)ccc1OCCC(=O)O. The third kappa shape index (κ3) is 4.82. The third-order valence-corrected chi connectivity index (χ3v) is 5.39. The van der Waals surface area contributed by atoms with E-state index in [0.29, 0.717) is 47.0 Å². The highest BCUT2D eigenvalue weighted by molar-refractivity contribution is 8.26. The Labute approximate surface area is 172 Å². The van der Waals surface area contributed by atoms with Crippen LogP contribution in [0.3, 0.4) is 0 Å². The molecule has 0 atom stereocenters. The standard InChI is InChI=1S/C18H20N2O6S2/c1-24-14-10-12(2-3-13(14)26-7-4-16(21)22)11-15-17(23)20(18(27)28-15)19-5-8-25-9-6-19/h2-3,10-11H,4-9H2,1H3,(H,21,22)/b15-11+. The van der Waals surface area contributed by atoms with Crippen LogP contribution in [0.25, 0.3) is 6.08 Å². The van der Waals surface area contributed by atoms with Gasteiger partial charge in [0.2, 0.25) is 0 Å². The molecule has 2 aliphatic heterocycles. The van der Waals surface area contributed by atoms with Gasteiger partial charge < -0.3 is 19.3 Å². The Balaban J connectivity index is 1.74. The summed E-state index contributed by atoms with van der Waals surface area (Å²) in [5, 5.41) is 12.1. The molecule has 0 unspecified atom stereocenters. The van der Waals surface area contributed by atoms with E-state index in [1.54, 1.807) is 24.3 Å². The molecule has 10 heteroatoms. The summed E-state index contributed by atoms with van der Waals surface area (Å²) in [6, 6.07) is 5.20. The smallest absolute Gasteiger partial charge is 0.306 e. The van der Waals surface area contributed by atoms with Crippen molar-refractivity contribution in [3.8, 4) is 11.5 Å². The maximum Gasteiger partial charge on any atom is 0.306 e. The van der Waals surface area contributed by atoms with Crippen molar-refractivity contribution >= 4 is 46.3 Å². The van der Waals surface area contributed by atoms with Gasteiger partial charge in [-0.2, -0.15) is 0 Å². The molecule has 3 rings (SSSR count). The van der Waals surface area contributed by atoms with Crippen LogP contribution in [-0.4, -0.2) is 71.3 Å². The molecular weight excluding hydrogens is 404 g/mol. The molecule has 0 bridgehead atoms. The van der Waals surface area contributed by atoms with Crippen molar-refractivity contribution in [3.63, 3.8) is 0 Å². The first-order chi connectivity index (χ1) is 13.5. The highest BCUT2D eigenvalue weighted by Gasteiger charge is 2.36. The predicted molar refractivity (Wildman–Crippen MR) is 108 cm³/mol. The lowest BCUT2D eigenvalue weighted by Gasteiger charge is -2.33. The van der Waals surface area contributed by atoms with E-state index < -0.39 is 5.97 Å². The molecule has 0 aliphatic carbocycles. The fourth-order valence-corrected chi connectivity index (χ4v) is 4.06. The molecule has 150 valence electrons. The number of carbonyl (C=O) groups is 2. The van der Waals surface area contributed by atoms with E-state index in [1.165, 1.54) is 23.9 Å². The first kappa shape index (κ1) is 20.6. The molecule has 1 aromatic carbocycles. The molecule has 0 aromatic heterocycles. The summed E-state index contributed by atoms with van der Waals surface area (Å²) >= 11 is 6.64. The minimum absolute atomic E-state index is 0.0449. The molecule has 0 spiro atoms. The predicted octanol–water partition coefficient (Wildman–Crippen LogP) is 2.00. The van der Waals surface area contributed by atoms with Gasteiger partial charge in [-0.1, -0.05) is 30.0 Å². The van der Waals surface area contributed by atoms with Crippen LogP contribution in [0.2, 0.25) is 0 Å². The number of hydrogen-bond donors (Lipinski definition) is 1. The highest BCUT2D eigenvalue weighted by atomic mass is 32.2. The molecule has 1 N–H and O–H groups in total. The van der Waals surface area contributed by atoms with Crippen molar-refractivity contribution in [2.75, 3.05) is 40.0 Å². The number of nitrogens with zero attached hydrogens (tertiary/aromatic N) is 2. The lowest BCUT2D eigenvalue weighted by Crippen LogP contribution is -2.50. The van der Waals surface area contributed by atoms with Crippen molar-refractivity contribution in [1.82, 2.24) is 10.0 Å². The topological polar surface area (TPSA) is 88.5 Å². The first-order valence-corrected chi connectivity index (χ1v) is 9.85. The monoisotopic (exact) mass is 424 g/mol. The Morgan fingerprint density at radius 1 is 1.36 bits per heavy atom. The Bertz CT molecular complexity index is 807. The number of thioether (sulfide) groups is 1. The first-order valence-electron chi connectivity index (χ1n) is 8.63. The van der Waals surface area contributed by atoms with Crippen LogP contribution in [0.4, 0.5) is 0 Å². The Morgan fingerprint density at radius 3 is 2.79 bits per heavy atom. The molecule has 1 amide bonds. The second-order valence-electron chi connectivity index (χ2n) is 5.96. The molecule has 28 heavy (non-hydrogen) atoms. The summed E-state index contributed by atoms with van der Waals surface area (Å²) in [6.07, 6.45) is 1.65. The Kier molecular flexibility index (Phi) is 6.89. The summed E-state index contributed by atoms with van der Waals surface area (Å²) in [5.41, 5.74) is 0.755. The minimum atomic E-state index is -0.933. The van der Waals surface area contributed by atoms with Crippen LogP contribution in [0.5, 0.6) is 11.5 Å². The number of carboxylic acid groups (broad SMARTS) is 1. The van der Waals surface area contributed by atoms with Gasteiger partial charge in [0, 0.05) is 13.1 Å². The van der Waals surface area contributed by atoms with E-state index in [2.05, 4.69) is 0 Å². The van der Waals surface area contributed by atoms with Crippen LogP contribution in [0, 0.1) is 0 Å². The second kappa shape index (κ2) is 9.37. The van der Waals surface area contributed by atoms with Gasteiger partial charge in [-0.15, -0.1) is 0 Å². The van der Waals surface area contributed by atoms with Gasteiger partial charge >= 0.3 is 5.97 Å². The normalized spacial score (nSPS) is 19.3. The molecule has 1 aromatic rings. The maximum absolute atomic E-state index is 12.8. The van der Waals surface area contributed by atoms with Gasteiger partial charge in [-0.25, -0.2) is 10.0 Å². The zero-order chi connectivity index (χ0) is 20.1. The van der Waals surface area contributed by atoms with Gasteiger partial charge in [-0.3, -0.25) is 9.59 Å². The van der Waals surface area contributed by atoms with Crippen molar-refractivity contribution < 1.29 is 28.9 Å². The summed E-state index contributed by atoms with van der Waals surface area (Å²) in [4.78, 5) is 23.9. The van der Waals surface area contributed by atoms with Crippen molar-refractivity contribution in [1.29, 1.82) is 0 Å². The van der Waals surface area contributed by atoms with E-state index in [0.717, 1.165) is 5.56 Å². The van der Waals surface area contributed by atoms with Crippen LogP contribution in [-0.2, 0) is 14.3 Å². The lowest BCUT2D eigenvalue weighted by molar-refractivity contribution is -0.138. The highest BCUT2D eigenvalue weighted by Crippen LogP contribution is 2.35. The van der Waals surface area contributed by atoms with Gasteiger partial charge in [0.05, 0.1) is 38.3 Å². The number of carbonyl (C=O) groups excluding carboxylic acids is 1. The van der Waals surface area contributed by atoms with Crippen LogP contribution < -0.4 is 9.47 Å². The second-order valence-corrected chi connectivity index (χ2v) is 7.64. The average Bonchev–Trinajstić information content (AvgIpc) is 2.96. The van der Waals surface area contributed by atoms with Gasteiger partial charge in [0.25, 0.3) is 5.91 Å². The fraction of sp³-hybridized carbons (Fsp3) is 0.389. The molecule has 0 saturated carbocycles. The summed E-state index contributed by atoms with van der Waals surface area (Å²) in [5.74, 6) is -0.180. The summed E-state index contributed by atoms with van der Waals surface area (Å²) in [6.45, 7) is 2.42. The van der Waals surface area contributed by atoms with Crippen LogP contribution in [0.1, 0.15) is 12.0 Å². The zero-order valence-corrected chi connectivity index (χ0v) is 16.9. The van der Waals surface area contributed by atoms with Crippen LogP contribution in [0.15, 0.2) is 23.1 Å². The summed E-state index contributed by atoms with van der Waals surface area (Å²) < 4.78 is 16.6. The summed E-state index contributed by atoms with van der Waals surface area (Å²) in [7, 11) is 1.50. The number of hydrogen-bond acceptors (Lipinski definition) is 8. The molecule has 2 saturated heterocycles. The van der Waals surface area contributed by atoms with E-state index in [9.17, 15) is 9.59 Å². The van der Waals surface area contributed by atoms with E-state index in [1.807, 2.05) is 5.01 Å². The van der Waals surface area contributed by atoms with Gasteiger partial charge in [0.1, 0.15) is 0 Å². The zero-order valence-electron chi connectivity index (χ0n) is 15.3. The van der Waals surface area contributed by atoms with Crippen molar-refractivity contribution in [3.05, 3.63) is 28.7 Å². The maximum atomic E-state index is 12.8. The largest absolute Gasteiger partial charge is 0.493 e. The minimum Gasteiger partial charge on any atom is -0.493 e. The Hall–Kier alpha value is -2.14. The van der Waals surface area contributed by atoms with E-state index >= 15 is 0 Å². The number of aliphatic carboxylic acids is 1. The number of ether oxygens (including phenoxy) is 3. The van der Waals surface area contributed by atoms with Crippen molar-refractivity contribution in [2.45, 2.75) is 6.42 Å². The number of rotatable bonds is 7.